The van der Waals surface area contributed by atoms with Gasteiger partial charge in [0.2, 0.25) is 11.8 Å². The Morgan fingerprint density at radius 2 is 1.43 bits per heavy atom. The Morgan fingerprint density at radius 1 is 0.826 bits per heavy atom. The average molecular weight is 321 g/mol. The molecule has 0 radical (unpaired) electrons. The number of carbonyl (C=O) groups excluding carboxylic acids is 2. The number of hydrogen-bond acceptors (Lipinski definition) is 3. The largest absolute Gasteiger partial charge is 0.339 e. The van der Waals surface area contributed by atoms with E-state index in [9.17, 15) is 9.59 Å². The predicted molar refractivity (Wildman–Crippen MR) is 89.9 cm³/mol. The molecule has 2 aliphatic heterocycles. The fourth-order valence-corrected chi connectivity index (χ4v) is 4.27. The van der Waals surface area contributed by atoms with Crippen molar-refractivity contribution < 1.29 is 9.59 Å². The van der Waals surface area contributed by atoms with E-state index in [0.29, 0.717) is 17.7 Å². The van der Waals surface area contributed by atoms with Crippen molar-refractivity contribution in [3.05, 3.63) is 0 Å². The number of piperidine rings is 1. The highest BCUT2D eigenvalue weighted by Gasteiger charge is 2.30. The van der Waals surface area contributed by atoms with E-state index in [1.54, 1.807) is 0 Å². The summed E-state index contributed by atoms with van der Waals surface area (Å²) in [5.41, 5.74) is 0. The molecule has 1 N–H and O–H groups in total. The average Bonchev–Trinajstić information content (AvgIpc) is 2.63. The molecule has 3 rings (SSSR count). The van der Waals surface area contributed by atoms with Crippen molar-refractivity contribution in [2.45, 2.75) is 51.4 Å². The Kier molecular flexibility index (Phi) is 5.92. The first-order chi connectivity index (χ1) is 11.2. The monoisotopic (exact) mass is 321 g/mol. The molecular formula is C18H31N3O2. The second-order valence-corrected chi connectivity index (χ2v) is 7.44. The fourth-order valence-electron chi connectivity index (χ4n) is 4.27. The molecule has 3 aliphatic rings. The minimum atomic E-state index is 0.195. The van der Waals surface area contributed by atoms with Crippen molar-refractivity contribution in [1.29, 1.82) is 0 Å². The van der Waals surface area contributed by atoms with Crippen molar-refractivity contribution >= 4 is 11.8 Å². The maximum absolute atomic E-state index is 12.5. The lowest BCUT2D eigenvalue weighted by Gasteiger charge is -2.37. The zero-order valence-corrected chi connectivity index (χ0v) is 14.3. The quantitative estimate of drug-likeness (QED) is 0.859. The maximum atomic E-state index is 12.5. The van der Waals surface area contributed by atoms with Crippen LogP contribution >= 0.6 is 0 Å². The fraction of sp³-hybridized carbons (Fsp3) is 0.889. The first-order valence-corrected chi connectivity index (χ1v) is 9.51. The summed E-state index contributed by atoms with van der Waals surface area (Å²) < 4.78 is 0. The Hall–Kier alpha value is -1.10. The third kappa shape index (κ3) is 4.46. The van der Waals surface area contributed by atoms with Crippen molar-refractivity contribution in [3.8, 4) is 0 Å². The van der Waals surface area contributed by atoms with E-state index in [-0.39, 0.29) is 5.92 Å². The van der Waals surface area contributed by atoms with Crippen LogP contribution in [0.4, 0.5) is 0 Å². The number of hydrogen-bond donors (Lipinski definition) is 1. The van der Waals surface area contributed by atoms with Gasteiger partial charge in [-0.3, -0.25) is 9.59 Å². The minimum Gasteiger partial charge on any atom is -0.339 e. The third-order valence-corrected chi connectivity index (χ3v) is 5.82. The van der Waals surface area contributed by atoms with Gasteiger partial charge in [0, 0.05) is 38.5 Å². The Labute approximate surface area is 139 Å². The van der Waals surface area contributed by atoms with Crippen LogP contribution in [0.15, 0.2) is 0 Å². The van der Waals surface area contributed by atoms with Crippen LogP contribution in [0.3, 0.4) is 0 Å². The smallest absolute Gasteiger partial charge is 0.225 e. The zero-order valence-electron chi connectivity index (χ0n) is 14.3. The van der Waals surface area contributed by atoms with Crippen molar-refractivity contribution in [2.24, 2.45) is 11.8 Å². The summed E-state index contributed by atoms with van der Waals surface area (Å²) in [7, 11) is 0. The SMILES string of the molecule is O=C(CC1CCCCC1)N1CCN(C(=O)C2CCNCC2)CC1. The molecule has 0 bridgehead atoms. The topological polar surface area (TPSA) is 52.7 Å². The molecule has 5 nitrogen and oxygen atoms in total. The lowest BCUT2D eigenvalue weighted by atomic mass is 9.86. The Morgan fingerprint density at radius 3 is 2.09 bits per heavy atom. The molecule has 0 aromatic carbocycles. The summed E-state index contributed by atoms with van der Waals surface area (Å²) in [5.74, 6) is 1.42. The molecule has 0 atom stereocenters. The van der Waals surface area contributed by atoms with Gasteiger partial charge in [-0.1, -0.05) is 19.3 Å². The van der Waals surface area contributed by atoms with Crippen LogP contribution in [-0.4, -0.2) is 60.9 Å². The van der Waals surface area contributed by atoms with E-state index in [0.717, 1.165) is 58.5 Å². The first-order valence-electron chi connectivity index (χ1n) is 9.51. The molecule has 5 heteroatoms. The van der Waals surface area contributed by atoms with Crippen molar-refractivity contribution in [2.75, 3.05) is 39.3 Å². The molecule has 130 valence electrons. The van der Waals surface area contributed by atoms with Crippen LogP contribution in [0.2, 0.25) is 0 Å². The van der Waals surface area contributed by atoms with Gasteiger partial charge >= 0.3 is 0 Å². The molecular weight excluding hydrogens is 290 g/mol. The van der Waals surface area contributed by atoms with Crippen LogP contribution in [0.5, 0.6) is 0 Å². The van der Waals surface area contributed by atoms with Gasteiger partial charge in [-0.15, -0.1) is 0 Å². The zero-order chi connectivity index (χ0) is 16.1. The molecule has 0 spiro atoms. The van der Waals surface area contributed by atoms with Crippen LogP contribution in [0.1, 0.15) is 51.4 Å². The van der Waals surface area contributed by atoms with Crippen LogP contribution in [-0.2, 0) is 9.59 Å². The molecule has 2 saturated heterocycles. The lowest BCUT2D eigenvalue weighted by Crippen LogP contribution is -2.53. The molecule has 1 aliphatic carbocycles. The number of nitrogens with one attached hydrogen (secondary N) is 1. The summed E-state index contributed by atoms with van der Waals surface area (Å²) in [6, 6.07) is 0. The molecule has 2 heterocycles. The normalized spacial score (nSPS) is 24.7. The summed E-state index contributed by atoms with van der Waals surface area (Å²) in [6.07, 6.45) is 9.00. The number of carbonyl (C=O) groups is 2. The summed E-state index contributed by atoms with van der Waals surface area (Å²) >= 11 is 0. The number of piperazine rings is 1. The summed E-state index contributed by atoms with van der Waals surface area (Å²) in [5, 5.41) is 3.31. The predicted octanol–water partition coefficient (Wildman–Crippen LogP) is 1.63. The van der Waals surface area contributed by atoms with E-state index in [4.69, 9.17) is 0 Å². The molecule has 0 unspecified atom stereocenters. The highest BCUT2D eigenvalue weighted by atomic mass is 16.2. The minimum absolute atomic E-state index is 0.195. The second kappa shape index (κ2) is 8.13. The van der Waals surface area contributed by atoms with Gasteiger partial charge in [-0.25, -0.2) is 0 Å². The molecule has 23 heavy (non-hydrogen) atoms. The summed E-state index contributed by atoms with van der Waals surface area (Å²) in [4.78, 5) is 29.0. The first kappa shape index (κ1) is 16.7. The standard InChI is InChI=1S/C18H31N3O2/c22-17(14-15-4-2-1-3-5-15)20-10-12-21(13-11-20)18(23)16-6-8-19-9-7-16/h15-16,19H,1-14H2. The van der Waals surface area contributed by atoms with Gasteiger partial charge in [-0.2, -0.15) is 0 Å². The van der Waals surface area contributed by atoms with E-state index >= 15 is 0 Å². The van der Waals surface area contributed by atoms with Gasteiger partial charge in [0.15, 0.2) is 0 Å². The van der Waals surface area contributed by atoms with Gasteiger partial charge in [0.1, 0.15) is 0 Å². The number of rotatable bonds is 3. The highest BCUT2D eigenvalue weighted by Crippen LogP contribution is 2.27. The number of amides is 2. The second-order valence-electron chi connectivity index (χ2n) is 7.44. The summed E-state index contributed by atoms with van der Waals surface area (Å²) in [6.45, 7) is 4.80. The molecule has 3 fully saturated rings. The van der Waals surface area contributed by atoms with Crippen LogP contribution in [0.25, 0.3) is 0 Å². The van der Waals surface area contributed by atoms with Gasteiger partial charge < -0.3 is 15.1 Å². The maximum Gasteiger partial charge on any atom is 0.225 e. The lowest BCUT2D eigenvalue weighted by molar-refractivity contribution is -0.143. The Bertz CT molecular complexity index is 406. The van der Waals surface area contributed by atoms with Crippen molar-refractivity contribution in [1.82, 2.24) is 15.1 Å². The third-order valence-electron chi connectivity index (χ3n) is 5.82. The van der Waals surface area contributed by atoms with E-state index in [2.05, 4.69) is 5.32 Å². The van der Waals surface area contributed by atoms with Gasteiger partial charge in [0.25, 0.3) is 0 Å². The molecule has 0 aromatic rings. The highest BCUT2D eigenvalue weighted by molar-refractivity contribution is 5.80. The van der Waals surface area contributed by atoms with E-state index in [1.165, 1.54) is 32.1 Å². The Balaban J connectivity index is 1.42. The van der Waals surface area contributed by atoms with Crippen LogP contribution in [0, 0.1) is 11.8 Å². The van der Waals surface area contributed by atoms with Gasteiger partial charge in [-0.05, 0) is 44.7 Å². The molecule has 2 amide bonds. The molecule has 1 saturated carbocycles. The van der Waals surface area contributed by atoms with Crippen molar-refractivity contribution in [3.63, 3.8) is 0 Å². The van der Waals surface area contributed by atoms with E-state index in [1.807, 2.05) is 9.80 Å². The van der Waals surface area contributed by atoms with E-state index < -0.39 is 0 Å². The van der Waals surface area contributed by atoms with Gasteiger partial charge in [0.05, 0.1) is 0 Å². The molecule has 0 aromatic heterocycles. The van der Waals surface area contributed by atoms with Crippen LogP contribution < -0.4 is 5.32 Å². The number of nitrogens with zero attached hydrogens (tertiary/aromatic N) is 2.